The minimum Gasteiger partial charge on any atom is -0.368 e. The Kier molecular flexibility index (Phi) is 7.20. The molecule has 36 heavy (non-hydrogen) atoms. The van der Waals surface area contributed by atoms with Crippen LogP contribution in [0, 0.1) is 5.92 Å². The highest BCUT2D eigenvalue weighted by Gasteiger charge is 2.39. The van der Waals surface area contributed by atoms with E-state index >= 15 is 0 Å². The van der Waals surface area contributed by atoms with Crippen LogP contribution >= 0.6 is 0 Å². The van der Waals surface area contributed by atoms with Crippen molar-refractivity contribution in [2.45, 2.75) is 31.5 Å². The van der Waals surface area contributed by atoms with Crippen LogP contribution < -0.4 is 21.4 Å². The number of nitrogens with one attached hydrogen (secondary N) is 2. The molecule has 194 valence electrons. The summed E-state index contributed by atoms with van der Waals surface area (Å²) in [5, 5.41) is 2.54. The molecule has 2 aromatic rings. The van der Waals surface area contributed by atoms with Gasteiger partial charge in [-0.05, 0) is 37.5 Å². The molecule has 0 aromatic carbocycles. The van der Waals surface area contributed by atoms with Gasteiger partial charge in [0.05, 0.1) is 17.4 Å². The second-order valence-electron chi connectivity index (χ2n) is 8.95. The molecular formula is C23H28F3N7O3. The number of amides is 3. The molecule has 0 bridgehead atoms. The highest BCUT2D eigenvalue weighted by molar-refractivity contribution is 5.95. The average molecular weight is 508 g/mol. The van der Waals surface area contributed by atoms with Gasteiger partial charge in [0.25, 0.3) is 11.8 Å². The number of piperazine rings is 1. The lowest BCUT2D eigenvalue weighted by molar-refractivity contribution is -0.138. The number of hydrogen-bond donors (Lipinski definition) is 3. The first-order chi connectivity index (χ1) is 17.1. The second kappa shape index (κ2) is 10.2. The standard InChI is InChI=1S/C23H28F3N7O3/c1-28-22(36)18-5-4-16(13-29-18)32-10-8-31(9-11-32)15-3-2-14(12-15)21(35)30-33-7-6-17(23(24,25)26)19(33)20(27)34/h4-7,13-15H,2-3,8-12H2,1H3,(H2,27,34)(H,28,36)(H,30,35). The molecular weight excluding hydrogens is 479 g/mol. The van der Waals surface area contributed by atoms with E-state index in [2.05, 4.69) is 25.5 Å². The van der Waals surface area contributed by atoms with Gasteiger partial charge in [0.2, 0.25) is 5.91 Å². The van der Waals surface area contributed by atoms with E-state index in [4.69, 9.17) is 5.73 Å². The molecule has 0 radical (unpaired) electrons. The van der Waals surface area contributed by atoms with Crippen LogP contribution in [0.25, 0.3) is 0 Å². The summed E-state index contributed by atoms with van der Waals surface area (Å²) in [6.07, 6.45) is -0.120. The van der Waals surface area contributed by atoms with Crippen molar-refractivity contribution in [3.63, 3.8) is 0 Å². The smallest absolute Gasteiger partial charge is 0.368 e. The Morgan fingerprint density at radius 3 is 2.39 bits per heavy atom. The maximum atomic E-state index is 13.2. The van der Waals surface area contributed by atoms with Crippen molar-refractivity contribution in [1.82, 2.24) is 19.9 Å². The first kappa shape index (κ1) is 25.5. The number of carbonyl (C=O) groups excluding carboxylic acids is 3. The van der Waals surface area contributed by atoms with Crippen molar-refractivity contribution in [2.24, 2.45) is 11.7 Å². The molecule has 2 aromatic heterocycles. The van der Waals surface area contributed by atoms with Gasteiger partial charge in [0.15, 0.2) is 0 Å². The van der Waals surface area contributed by atoms with Crippen molar-refractivity contribution in [2.75, 3.05) is 43.6 Å². The number of primary amides is 1. The molecule has 1 aliphatic carbocycles. The molecule has 2 atom stereocenters. The first-order valence-corrected chi connectivity index (χ1v) is 11.6. The summed E-state index contributed by atoms with van der Waals surface area (Å²) in [6, 6.07) is 4.46. The summed E-state index contributed by atoms with van der Waals surface area (Å²) in [6.45, 7) is 3.10. The van der Waals surface area contributed by atoms with Gasteiger partial charge < -0.3 is 16.0 Å². The Balaban J connectivity index is 1.31. The largest absolute Gasteiger partial charge is 0.418 e. The van der Waals surface area contributed by atoms with Gasteiger partial charge in [-0.25, -0.2) is 4.98 Å². The highest BCUT2D eigenvalue weighted by Crippen LogP contribution is 2.33. The van der Waals surface area contributed by atoms with Crippen LogP contribution in [0.15, 0.2) is 30.6 Å². The highest BCUT2D eigenvalue weighted by atomic mass is 19.4. The first-order valence-electron chi connectivity index (χ1n) is 11.6. The monoisotopic (exact) mass is 507 g/mol. The predicted octanol–water partition coefficient (Wildman–Crippen LogP) is 1.42. The molecule has 13 heteroatoms. The van der Waals surface area contributed by atoms with E-state index < -0.39 is 29.2 Å². The summed E-state index contributed by atoms with van der Waals surface area (Å²) in [5.74, 6) is -2.33. The number of alkyl halides is 3. The van der Waals surface area contributed by atoms with Crippen LogP contribution in [0.4, 0.5) is 18.9 Å². The zero-order chi connectivity index (χ0) is 26.0. The number of aromatic nitrogens is 2. The van der Waals surface area contributed by atoms with Gasteiger partial charge in [-0.2, -0.15) is 13.2 Å². The van der Waals surface area contributed by atoms with Crippen LogP contribution in [0.3, 0.4) is 0 Å². The minimum atomic E-state index is -4.76. The van der Waals surface area contributed by atoms with E-state index in [-0.39, 0.29) is 17.9 Å². The predicted molar refractivity (Wildman–Crippen MR) is 125 cm³/mol. The third-order valence-corrected chi connectivity index (χ3v) is 6.83. The Labute approximate surface area is 205 Å². The lowest BCUT2D eigenvalue weighted by Gasteiger charge is -2.39. The SMILES string of the molecule is CNC(=O)c1ccc(N2CCN(C3CCC(C(=O)Nn4ccc(C(F)(F)F)c4C(N)=O)C3)CC2)cn1. The van der Waals surface area contributed by atoms with E-state index in [1.807, 2.05) is 6.07 Å². The van der Waals surface area contributed by atoms with E-state index in [1.54, 1.807) is 19.3 Å². The maximum Gasteiger partial charge on any atom is 0.418 e. The van der Waals surface area contributed by atoms with Gasteiger partial charge in [-0.1, -0.05) is 0 Å². The van der Waals surface area contributed by atoms with Gasteiger partial charge in [-0.3, -0.25) is 29.4 Å². The summed E-state index contributed by atoms with van der Waals surface area (Å²) in [5.41, 5.74) is 6.86. The van der Waals surface area contributed by atoms with Crippen LogP contribution in [0.5, 0.6) is 0 Å². The van der Waals surface area contributed by atoms with Crippen LogP contribution in [0.2, 0.25) is 0 Å². The summed E-state index contributed by atoms with van der Waals surface area (Å²) >= 11 is 0. The van der Waals surface area contributed by atoms with E-state index in [9.17, 15) is 27.6 Å². The van der Waals surface area contributed by atoms with E-state index in [1.165, 1.54) is 0 Å². The number of anilines is 1. The molecule has 0 spiro atoms. The fourth-order valence-electron chi connectivity index (χ4n) is 4.92. The normalized spacial score (nSPS) is 20.8. The molecule has 4 rings (SSSR count). The molecule has 1 saturated heterocycles. The second-order valence-corrected chi connectivity index (χ2v) is 8.95. The summed E-state index contributed by atoms with van der Waals surface area (Å²) < 4.78 is 40.2. The van der Waals surface area contributed by atoms with Crippen molar-refractivity contribution >= 4 is 23.4 Å². The molecule has 3 amide bonds. The van der Waals surface area contributed by atoms with Crippen molar-refractivity contribution in [3.8, 4) is 0 Å². The third kappa shape index (κ3) is 5.30. The van der Waals surface area contributed by atoms with Crippen molar-refractivity contribution in [1.29, 1.82) is 0 Å². The van der Waals surface area contributed by atoms with Gasteiger partial charge in [0, 0.05) is 51.4 Å². The topological polar surface area (TPSA) is 126 Å². The van der Waals surface area contributed by atoms with Crippen LogP contribution in [-0.2, 0) is 11.0 Å². The summed E-state index contributed by atoms with van der Waals surface area (Å²) in [7, 11) is 1.55. The Morgan fingerprint density at radius 1 is 1.08 bits per heavy atom. The lowest BCUT2D eigenvalue weighted by atomic mass is 10.1. The molecule has 10 nitrogen and oxygen atoms in total. The number of rotatable bonds is 6. The third-order valence-electron chi connectivity index (χ3n) is 6.83. The molecule has 4 N–H and O–H groups in total. The van der Waals surface area contributed by atoms with Crippen LogP contribution in [0.1, 0.15) is 45.8 Å². The van der Waals surface area contributed by atoms with Gasteiger partial charge >= 0.3 is 6.18 Å². The van der Waals surface area contributed by atoms with Gasteiger partial charge in [0.1, 0.15) is 11.4 Å². The zero-order valence-electron chi connectivity index (χ0n) is 19.7. The molecule has 1 aliphatic heterocycles. The number of halogens is 3. The van der Waals surface area contributed by atoms with Gasteiger partial charge in [-0.15, -0.1) is 0 Å². The molecule has 2 fully saturated rings. The number of nitrogens with zero attached hydrogens (tertiary/aromatic N) is 4. The molecule has 3 heterocycles. The van der Waals surface area contributed by atoms with E-state index in [0.717, 1.165) is 55.2 Å². The minimum absolute atomic E-state index is 0.183. The lowest BCUT2D eigenvalue weighted by Crippen LogP contribution is -2.50. The Hall–Kier alpha value is -3.61. The number of pyridine rings is 1. The van der Waals surface area contributed by atoms with Crippen molar-refractivity contribution < 1.29 is 27.6 Å². The average Bonchev–Trinajstić information content (AvgIpc) is 3.51. The zero-order valence-corrected chi connectivity index (χ0v) is 19.7. The maximum absolute atomic E-state index is 13.2. The summed E-state index contributed by atoms with van der Waals surface area (Å²) in [4.78, 5) is 44.8. The Bertz CT molecular complexity index is 1120. The van der Waals surface area contributed by atoms with Crippen molar-refractivity contribution in [3.05, 3.63) is 47.5 Å². The molecule has 2 aliphatic rings. The quantitative estimate of drug-likeness (QED) is 0.543. The van der Waals surface area contributed by atoms with Crippen LogP contribution in [-0.4, -0.2) is 71.6 Å². The number of nitrogens with two attached hydrogens (primary N) is 1. The van der Waals surface area contributed by atoms with E-state index in [0.29, 0.717) is 18.5 Å². The number of carbonyl (C=O) groups is 3. The fraction of sp³-hybridized carbons (Fsp3) is 0.478. The molecule has 1 saturated carbocycles. The fourth-order valence-corrected chi connectivity index (χ4v) is 4.92. The number of hydrogen-bond acceptors (Lipinski definition) is 6. The molecule has 2 unspecified atom stereocenters. The Morgan fingerprint density at radius 2 is 1.81 bits per heavy atom.